The minimum Gasteiger partial charge on any atom is -0.342 e. The minimum absolute atomic E-state index is 0.177. The Balaban J connectivity index is 1.63. The van der Waals surface area contributed by atoms with E-state index in [4.69, 9.17) is 23.2 Å². The number of rotatable bonds is 4. The van der Waals surface area contributed by atoms with Crippen molar-refractivity contribution in [1.82, 2.24) is 10.6 Å². The predicted molar refractivity (Wildman–Crippen MR) is 94.2 cm³/mol. The largest absolute Gasteiger partial charge is 0.342 e. The van der Waals surface area contributed by atoms with Gasteiger partial charge in [0.05, 0.1) is 0 Å². The van der Waals surface area contributed by atoms with E-state index in [0.29, 0.717) is 22.9 Å². The van der Waals surface area contributed by atoms with E-state index < -0.39 is 12.1 Å². The summed E-state index contributed by atoms with van der Waals surface area (Å²) in [4.78, 5) is 24.6. The predicted octanol–water partition coefficient (Wildman–Crippen LogP) is 2.76. The highest BCUT2D eigenvalue weighted by atomic mass is 35.5. The number of nitrogens with one attached hydrogen (secondary N) is 2. The second kappa shape index (κ2) is 7.24. The van der Waals surface area contributed by atoms with E-state index >= 15 is 0 Å². The highest BCUT2D eigenvalue weighted by molar-refractivity contribution is 6.30. The second-order valence-electron chi connectivity index (χ2n) is 5.78. The standard InChI is InChI=1S/C18H16Cl2N2O2/c19-13-5-1-11(2-6-13)9-15-17(23)22-16(18(24)21-15)10-12-3-7-14(20)8-4-12/h1-8,15-16H,9-10H2,(H,21,24)(H,22,23)/t15-,16-/m0/s1. The molecule has 1 aliphatic heterocycles. The fraction of sp³-hybridized carbons (Fsp3) is 0.222. The van der Waals surface area contributed by atoms with E-state index in [1.54, 1.807) is 24.3 Å². The molecule has 3 rings (SSSR count). The molecule has 1 heterocycles. The maximum absolute atomic E-state index is 12.3. The molecule has 4 nitrogen and oxygen atoms in total. The van der Waals surface area contributed by atoms with Crippen LogP contribution < -0.4 is 10.6 Å². The van der Waals surface area contributed by atoms with Crippen molar-refractivity contribution in [2.45, 2.75) is 24.9 Å². The number of piperazine rings is 1. The lowest BCUT2D eigenvalue weighted by Crippen LogP contribution is -2.62. The summed E-state index contributed by atoms with van der Waals surface area (Å²) >= 11 is 11.7. The van der Waals surface area contributed by atoms with Gasteiger partial charge in [0.25, 0.3) is 0 Å². The van der Waals surface area contributed by atoms with Crippen molar-refractivity contribution in [2.24, 2.45) is 0 Å². The maximum atomic E-state index is 12.3. The summed E-state index contributed by atoms with van der Waals surface area (Å²) in [6.07, 6.45) is 0.866. The summed E-state index contributed by atoms with van der Waals surface area (Å²) in [5.74, 6) is -0.355. The Labute approximate surface area is 150 Å². The van der Waals surface area contributed by atoms with Crippen LogP contribution in [0.15, 0.2) is 48.5 Å². The van der Waals surface area contributed by atoms with Crippen LogP contribution in [0.3, 0.4) is 0 Å². The summed E-state index contributed by atoms with van der Waals surface area (Å²) in [6.45, 7) is 0. The third-order valence-corrected chi connectivity index (χ3v) is 4.48. The molecule has 0 spiro atoms. The number of carbonyl (C=O) groups excluding carboxylic acids is 2. The molecule has 2 N–H and O–H groups in total. The van der Waals surface area contributed by atoms with Gasteiger partial charge < -0.3 is 10.6 Å². The van der Waals surface area contributed by atoms with Crippen molar-refractivity contribution in [1.29, 1.82) is 0 Å². The van der Waals surface area contributed by atoms with Crippen LogP contribution >= 0.6 is 23.2 Å². The zero-order chi connectivity index (χ0) is 17.1. The van der Waals surface area contributed by atoms with Gasteiger partial charge in [-0.2, -0.15) is 0 Å². The lowest BCUT2D eigenvalue weighted by atomic mass is 9.99. The van der Waals surface area contributed by atoms with E-state index in [1.165, 1.54) is 0 Å². The van der Waals surface area contributed by atoms with Gasteiger partial charge in [0.15, 0.2) is 0 Å². The molecule has 2 amide bonds. The second-order valence-corrected chi connectivity index (χ2v) is 6.66. The number of carbonyl (C=O) groups is 2. The van der Waals surface area contributed by atoms with E-state index in [1.807, 2.05) is 24.3 Å². The van der Waals surface area contributed by atoms with Gasteiger partial charge in [-0.05, 0) is 35.4 Å². The minimum atomic E-state index is -0.569. The van der Waals surface area contributed by atoms with Gasteiger partial charge in [0, 0.05) is 22.9 Å². The Morgan fingerprint density at radius 3 is 1.33 bits per heavy atom. The first kappa shape index (κ1) is 16.8. The molecule has 124 valence electrons. The average Bonchev–Trinajstić information content (AvgIpc) is 2.56. The molecule has 0 unspecified atom stereocenters. The monoisotopic (exact) mass is 362 g/mol. The lowest BCUT2D eigenvalue weighted by molar-refractivity contribution is -0.136. The van der Waals surface area contributed by atoms with E-state index in [2.05, 4.69) is 10.6 Å². The average molecular weight is 363 g/mol. The van der Waals surface area contributed by atoms with Crippen LogP contribution in [0.4, 0.5) is 0 Å². The summed E-state index contributed by atoms with van der Waals surface area (Å²) in [5.41, 5.74) is 1.88. The topological polar surface area (TPSA) is 58.2 Å². The van der Waals surface area contributed by atoms with Crippen molar-refractivity contribution in [3.8, 4) is 0 Å². The molecular formula is C18H16Cl2N2O2. The molecule has 0 aromatic heterocycles. The van der Waals surface area contributed by atoms with Crippen molar-refractivity contribution in [2.75, 3.05) is 0 Å². The van der Waals surface area contributed by atoms with Crippen molar-refractivity contribution >= 4 is 35.0 Å². The molecule has 1 fully saturated rings. The molecule has 0 radical (unpaired) electrons. The Kier molecular flexibility index (Phi) is 5.07. The van der Waals surface area contributed by atoms with Gasteiger partial charge in [-0.25, -0.2) is 0 Å². The summed E-state index contributed by atoms with van der Waals surface area (Å²) in [5, 5.41) is 6.88. The Hall–Kier alpha value is -2.04. The Morgan fingerprint density at radius 2 is 1.00 bits per heavy atom. The van der Waals surface area contributed by atoms with Gasteiger partial charge in [-0.3, -0.25) is 9.59 Å². The molecule has 6 heteroatoms. The van der Waals surface area contributed by atoms with E-state index in [9.17, 15) is 9.59 Å². The molecule has 2 aromatic rings. The molecular weight excluding hydrogens is 347 g/mol. The van der Waals surface area contributed by atoms with Crippen LogP contribution in [0.5, 0.6) is 0 Å². The number of hydrogen-bond donors (Lipinski definition) is 2. The van der Waals surface area contributed by atoms with Gasteiger partial charge in [0.1, 0.15) is 12.1 Å². The Bertz CT molecular complexity index is 679. The normalized spacial score (nSPS) is 20.4. The molecule has 0 bridgehead atoms. The summed E-state index contributed by atoms with van der Waals surface area (Å²) in [7, 11) is 0. The Morgan fingerprint density at radius 1 is 0.667 bits per heavy atom. The molecule has 1 aliphatic rings. The highest BCUT2D eigenvalue weighted by Crippen LogP contribution is 2.15. The molecule has 2 atom stereocenters. The van der Waals surface area contributed by atoms with Gasteiger partial charge in [-0.15, -0.1) is 0 Å². The SMILES string of the molecule is O=C1N[C@@H](Cc2ccc(Cl)cc2)C(=O)N[C@H]1Cc1ccc(Cl)cc1. The first-order chi connectivity index (χ1) is 11.5. The van der Waals surface area contributed by atoms with Crippen LogP contribution in [-0.4, -0.2) is 23.9 Å². The quantitative estimate of drug-likeness (QED) is 0.878. The van der Waals surface area contributed by atoms with Crippen LogP contribution in [0.2, 0.25) is 10.0 Å². The smallest absolute Gasteiger partial charge is 0.243 e. The fourth-order valence-electron chi connectivity index (χ4n) is 2.68. The van der Waals surface area contributed by atoms with E-state index in [0.717, 1.165) is 11.1 Å². The first-order valence-corrected chi connectivity index (χ1v) is 8.36. The van der Waals surface area contributed by atoms with Gasteiger partial charge in [-0.1, -0.05) is 47.5 Å². The number of amides is 2. The lowest BCUT2D eigenvalue weighted by Gasteiger charge is -2.29. The first-order valence-electron chi connectivity index (χ1n) is 7.61. The van der Waals surface area contributed by atoms with Gasteiger partial charge in [0.2, 0.25) is 11.8 Å². The van der Waals surface area contributed by atoms with Crippen LogP contribution in [0.1, 0.15) is 11.1 Å². The maximum Gasteiger partial charge on any atom is 0.243 e. The third kappa shape index (κ3) is 4.08. The van der Waals surface area contributed by atoms with Crippen LogP contribution in [0, 0.1) is 0 Å². The van der Waals surface area contributed by atoms with Crippen molar-refractivity contribution < 1.29 is 9.59 Å². The summed E-state index contributed by atoms with van der Waals surface area (Å²) in [6, 6.07) is 13.3. The van der Waals surface area contributed by atoms with Crippen molar-refractivity contribution in [3.63, 3.8) is 0 Å². The molecule has 24 heavy (non-hydrogen) atoms. The molecule has 0 aliphatic carbocycles. The third-order valence-electron chi connectivity index (χ3n) is 3.97. The van der Waals surface area contributed by atoms with E-state index in [-0.39, 0.29) is 11.8 Å². The highest BCUT2D eigenvalue weighted by Gasteiger charge is 2.33. The number of halogens is 2. The summed E-state index contributed by atoms with van der Waals surface area (Å²) < 4.78 is 0. The zero-order valence-electron chi connectivity index (χ0n) is 12.8. The van der Waals surface area contributed by atoms with Crippen LogP contribution in [-0.2, 0) is 22.4 Å². The van der Waals surface area contributed by atoms with Crippen molar-refractivity contribution in [3.05, 3.63) is 69.7 Å². The van der Waals surface area contributed by atoms with Gasteiger partial charge >= 0.3 is 0 Å². The zero-order valence-corrected chi connectivity index (χ0v) is 14.3. The fourth-order valence-corrected chi connectivity index (χ4v) is 2.93. The van der Waals surface area contributed by atoms with Crippen LogP contribution in [0.25, 0.3) is 0 Å². The number of hydrogen-bond acceptors (Lipinski definition) is 2. The number of benzene rings is 2. The molecule has 1 saturated heterocycles. The molecule has 0 saturated carbocycles. The molecule has 2 aromatic carbocycles.